The number of carbonyl (C=O) groups is 2. The molecule has 1 unspecified atom stereocenters. The summed E-state index contributed by atoms with van der Waals surface area (Å²) in [6.45, 7) is 4.35. The smallest absolute Gasteiger partial charge is 0.257 e. The lowest BCUT2D eigenvalue weighted by Gasteiger charge is -2.44. The van der Waals surface area contributed by atoms with Crippen molar-refractivity contribution in [3.05, 3.63) is 83.7 Å². The predicted molar refractivity (Wildman–Crippen MR) is 142 cm³/mol. The van der Waals surface area contributed by atoms with Crippen LogP contribution in [0.15, 0.2) is 66.8 Å². The summed E-state index contributed by atoms with van der Waals surface area (Å²) in [5, 5.41) is 3.15. The highest BCUT2D eigenvalue weighted by Crippen LogP contribution is 2.35. The lowest BCUT2D eigenvalue weighted by molar-refractivity contribution is -0.123. The first-order chi connectivity index (χ1) is 17.5. The van der Waals surface area contributed by atoms with Gasteiger partial charge in [-0.3, -0.25) is 9.59 Å². The minimum atomic E-state index is -0.511. The van der Waals surface area contributed by atoms with Crippen LogP contribution in [0, 0.1) is 24.6 Å². The van der Waals surface area contributed by atoms with Crippen molar-refractivity contribution >= 4 is 23.2 Å². The summed E-state index contributed by atoms with van der Waals surface area (Å²) in [5.41, 5.74) is 2.62. The Bertz CT molecular complexity index is 1160. The first-order valence-electron chi connectivity index (χ1n) is 13.1. The van der Waals surface area contributed by atoms with E-state index in [0.29, 0.717) is 24.9 Å². The molecule has 2 aromatic rings. The number of hydrogen-bond acceptors (Lipinski definition) is 3. The zero-order valence-electron chi connectivity index (χ0n) is 20.8. The number of nitrogens with zero attached hydrogens (tertiary/aromatic N) is 2. The zero-order chi connectivity index (χ0) is 25.1. The fourth-order valence-corrected chi connectivity index (χ4v) is 5.96. The van der Waals surface area contributed by atoms with E-state index in [1.54, 1.807) is 24.0 Å². The molecule has 3 aliphatic rings. The third-order valence-corrected chi connectivity index (χ3v) is 7.76. The molecule has 0 bridgehead atoms. The monoisotopic (exact) mass is 487 g/mol. The summed E-state index contributed by atoms with van der Waals surface area (Å²) in [7, 11) is 0. The van der Waals surface area contributed by atoms with Crippen LogP contribution in [0.1, 0.15) is 48.0 Å². The second-order valence-electron chi connectivity index (χ2n) is 10.1. The van der Waals surface area contributed by atoms with Crippen molar-refractivity contribution in [2.24, 2.45) is 11.8 Å². The van der Waals surface area contributed by atoms with E-state index in [2.05, 4.69) is 28.4 Å². The highest BCUT2D eigenvalue weighted by molar-refractivity contribution is 5.98. The summed E-state index contributed by atoms with van der Waals surface area (Å²) in [4.78, 5) is 31.5. The van der Waals surface area contributed by atoms with Crippen LogP contribution >= 0.6 is 0 Å². The Morgan fingerprint density at radius 1 is 1.00 bits per heavy atom. The van der Waals surface area contributed by atoms with E-state index in [9.17, 15) is 14.0 Å². The Kier molecular flexibility index (Phi) is 7.21. The van der Waals surface area contributed by atoms with E-state index in [-0.39, 0.29) is 35.3 Å². The lowest BCUT2D eigenvalue weighted by Crippen LogP contribution is -2.55. The van der Waals surface area contributed by atoms with Crippen LogP contribution in [0.5, 0.6) is 0 Å². The van der Waals surface area contributed by atoms with E-state index in [0.717, 1.165) is 30.9 Å². The molecule has 2 saturated heterocycles. The van der Waals surface area contributed by atoms with E-state index < -0.39 is 5.82 Å². The van der Waals surface area contributed by atoms with Crippen LogP contribution in [-0.2, 0) is 4.79 Å². The van der Waals surface area contributed by atoms with Gasteiger partial charge in [0, 0.05) is 36.9 Å². The number of nitrogens with one attached hydrogen (secondary N) is 1. The number of amides is 2. The number of rotatable bonds is 5. The zero-order valence-corrected chi connectivity index (χ0v) is 20.8. The molecule has 1 N–H and O–H groups in total. The molecule has 2 heterocycles. The number of benzene rings is 2. The molecule has 2 aromatic carbocycles. The van der Waals surface area contributed by atoms with Gasteiger partial charge in [0.05, 0.1) is 17.5 Å². The number of allylic oxidation sites excluding steroid dienone is 3. The fraction of sp³-hybridized carbons (Fsp3) is 0.400. The molecular weight excluding hydrogens is 453 g/mol. The van der Waals surface area contributed by atoms with Gasteiger partial charge in [0.15, 0.2) is 0 Å². The van der Waals surface area contributed by atoms with E-state index in [1.807, 2.05) is 30.4 Å². The van der Waals surface area contributed by atoms with E-state index >= 15 is 0 Å². The van der Waals surface area contributed by atoms with Gasteiger partial charge in [-0.15, -0.1) is 0 Å². The van der Waals surface area contributed by atoms with E-state index in [1.165, 1.54) is 18.9 Å². The number of anilines is 2. The Hall–Kier alpha value is -3.41. The van der Waals surface area contributed by atoms with Gasteiger partial charge in [0.2, 0.25) is 5.91 Å². The van der Waals surface area contributed by atoms with Gasteiger partial charge >= 0.3 is 0 Å². The topological polar surface area (TPSA) is 52.7 Å². The first-order valence-corrected chi connectivity index (χ1v) is 13.1. The van der Waals surface area contributed by atoms with Gasteiger partial charge in [-0.1, -0.05) is 42.5 Å². The van der Waals surface area contributed by atoms with Crippen molar-refractivity contribution in [3.63, 3.8) is 0 Å². The Balaban J connectivity index is 1.42. The van der Waals surface area contributed by atoms with Gasteiger partial charge in [0.1, 0.15) is 5.82 Å². The molecule has 5 rings (SSSR count). The summed E-state index contributed by atoms with van der Waals surface area (Å²) in [5.74, 6) is -1.30. The first kappa shape index (κ1) is 24.3. The van der Waals surface area contributed by atoms with Crippen molar-refractivity contribution in [2.75, 3.05) is 29.9 Å². The molecule has 2 fully saturated rings. The highest BCUT2D eigenvalue weighted by atomic mass is 19.1. The molecule has 2 aliphatic heterocycles. The number of piperidine rings is 1. The van der Waals surface area contributed by atoms with Crippen LogP contribution in [0.2, 0.25) is 0 Å². The van der Waals surface area contributed by atoms with Crippen molar-refractivity contribution in [2.45, 2.75) is 45.1 Å². The standard InChI is InChI=1S/C30H34FN3O2/c1-21-10-7-16-26(31)27(21)30(36)34-19-9-15-25(28(34)22-11-3-2-4-12-22)29(35)32-23-13-8-14-24(20-23)33-17-5-6-18-33/h2-4,7-8,10-11,13-14,16,20,22,25,28H,5-6,9,12,15,17-19H2,1H3,(H,32,35)/t22?,25-,28-/m0/s1. The Morgan fingerprint density at radius 3 is 2.56 bits per heavy atom. The molecule has 1 aliphatic carbocycles. The Labute approximate surface area is 212 Å². The molecule has 6 heteroatoms. The molecule has 0 saturated carbocycles. The second-order valence-corrected chi connectivity index (χ2v) is 10.1. The van der Waals surface area contributed by atoms with Crippen LogP contribution in [0.25, 0.3) is 0 Å². The maximum atomic E-state index is 14.8. The number of halogens is 1. The largest absolute Gasteiger partial charge is 0.371 e. The number of likely N-dealkylation sites (tertiary alicyclic amines) is 1. The Morgan fingerprint density at radius 2 is 1.81 bits per heavy atom. The third kappa shape index (κ3) is 4.95. The quantitative estimate of drug-likeness (QED) is 0.586. The second kappa shape index (κ2) is 10.7. The van der Waals surface area contributed by atoms with Gasteiger partial charge < -0.3 is 15.1 Å². The highest BCUT2D eigenvalue weighted by Gasteiger charge is 2.42. The minimum absolute atomic E-state index is 0.00184. The van der Waals surface area contributed by atoms with Crippen molar-refractivity contribution in [1.82, 2.24) is 4.90 Å². The number of aryl methyl sites for hydroxylation is 1. The molecular formula is C30H34FN3O2. The maximum Gasteiger partial charge on any atom is 0.257 e. The molecule has 0 spiro atoms. The van der Waals surface area contributed by atoms with Gasteiger partial charge in [-0.25, -0.2) is 4.39 Å². The fourth-order valence-electron chi connectivity index (χ4n) is 5.96. The van der Waals surface area contributed by atoms with Gasteiger partial charge in [0.25, 0.3) is 5.91 Å². The average molecular weight is 488 g/mol. The van der Waals surface area contributed by atoms with Crippen molar-refractivity contribution < 1.29 is 14.0 Å². The van der Waals surface area contributed by atoms with Crippen molar-refractivity contribution in [1.29, 1.82) is 0 Å². The molecule has 3 atom stereocenters. The van der Waals surface area contributed by atoms with E-state index in [4.69, 9.17) is 0 Å². The summed E-state index contributed by atoms with van der Waals surface area (Å²) in [6.07, 6.45) is 12.6. The predicted octanol–water partition coefficient (Wildman–Crippen LogP) is 5.73. The van der Waals surface area contributed by atoms with Crippen LogP contribution < -0.4 is 10.2 Å². The molecule has 0 aromatic heterocycles. The molecule has 2 amide bonds. The molecule has 5 nitrogen and oxygen atoms in total. The van der Waals surface area contributed by atoms with Crippen molar-refractivity contribution in [3.8, 4) is 0 Å². The normalized spacial score (nSPS) is 23.7. The summed E-state index contributed by atoms with van der Waals surface area (Å²) < 4.78 is 14.8. The number of hydrogen-bond donors (Lipinski definition) is 1. The van der Waals surface area contributed by atoms with Gasteiger partial charge in [-0.05, 0) is 68.9 Å². The van der Waals surface area contributed by atoms with Crippen LogP contribution in [-0.4, -0.2) is 42.4 Å². The van der Waals surface area contributed by atoms with Crippen LogP contribution in [0.3, 0.4) is 0 Å². The minimum Gasteiger partial charge on any atom is -0.371 e. The summed E-state index contributed by atoms with van der Waals surface area (Å²) >= 11 is 0. The number of carbonyl (C=O) groups excluding carboxylic acids is 2. The maximum absolute atomic E-state index is 14.8. The van der Waals surface area contributed by atoms with Gasteiger partial charge in [-0.2, -0.15) is 0 Å². The molecule has 36 heavy (non-hydrogen) atoms. The SMILES string of the molecule is Cc1cccc(F)c1C(=O)N1CCC[C@H](C(=O)Nc2cccc(N3CCCC3)c2)[C@@H]1C1C=CC=CC1. The average Bonchev–Trinajstić information content (AvgIpc) is 3.44. The third-order valence-electron chi connectivity index (χ3n) is 7.76. The molecule has 0 radical (unpaired) electrons. The molecule has 188 valence electrons. The lowest BCUT2D eigenvalue weighted by atomic mass is 9.77. The summed E-state index contributed by atoms with van der Waals surface area (Å²) in [6, 6.07) is 12.4. The van der Waals surface area contributed by atoms with Crippen LogP contribution in [0.4, 0.5) is 15.8 Å².